The highest BCUT2D eigenvalue weighted by atomic mass is 16.5. The van der Waals surface area contributed by atoms with Crippen molar-refractivity contribution in [2.45, 2.75) is 6.04 Å². The standard InChI is InChI=1S/C21H19N3O/c1-25-17-13-11-15(12-14-17)20(22)21-23-18-9-5-6-10-19(18)24(21)16-7-3-2-4-8-16/h2-14,20H,22H2,1H3. The molecule has 4 nitrogen and oxygen atoms in total. The average molecular weight is 329 g/mol. The Balaban J connectivity index is 1.88. The lowest BCUT2D eigenvalue weighted by Gasteiger charge is -2.15. The van der Waals surface area contributed by atoms with Crippen LogP contribution < -0.4 is 10.5 Å². The van der Waals surface area contributed by atoms with Crippen molar-refractivity contribution in [1.82, 2.24) is 9.55 Å². The summed E-state index contributed by atoms with van der Waals surface area (Å²) < 4.78 is 7.36. The first-order valence-electron chi connectivity index (χ1n) is 8.20. The van der Waals surface area contributed by atoms with Crippen LogP contribution in [-0.2, 0) is 0 Å². The second-order valence-corrected chi connectivity index (χ2v) is 5.88. The lowest BCUT2D eigenvalue weighted by Crippen LogP contribution is -2.17. The quantitative estimate of drug-likeness (QED) is 0.614. The summed E-state index contributed by atoms with van der Waals surface area (Å²) in [5, 5.41) is 0. The van der Waals surface area contributed by atoms with Gasteiger partial charge < -0.3 is 10.5 Å². The number of imidazole rings is 1. The molecular formula is C21H19N3O. The zero-order valence-electron chi connectivity index (χ0n) is 14.0. The number of ether oxygens (including phenoxy) is 1. The van der Waals surface area contributed by atoms with E-state index in [1.165, 1.54) is 0 Å². The van der Waals surface area contributed by atoms with Crippen LogP contribution in [0.5, 0.6) is 5.75 Å². The fourth-order valence-corrected chi connectivity index (χ4v) is 3.06. The molecule has 1 unspecified atom stereocenters. The van der Waals surface area contributed by atoms with E-state index < -0.39 is 0 Å². The third kappa shape index (κ3) is 2.77. The van der Waals surface area contributed by atoms with Gasteiger partial charge in [0.25, 0.3) is 0 Å². The van der Waals surface area contributed by atoms with E-state index >= 15 is 0 Å². The number of fused-ring (bicyclic) bond motifs is 1. The second-order valence-electron chi connectivity index (χ2n) is 5.88. The van der Waals surface area contributed by atoms with E-state index in [4.69, 9.17) is 15.5 Å². The third-order valence-electron chi connectivity index (χ3n) is 4.35. The summed E-state index contributed by atoms with van der Waals surface area (Å²) in [6.07, 6.45) is 0. The first-order valence-corrected chi connectivity index (χ1v) is 8.20. The van der Waals surface area contributed by atoms with Crippen molar-refractivity contribution in [2.75, 3.05) is 7.11 Å². The van der Waals surface area contributed by atoms with Gasteiger partial charge >= 0.3 is 0 Å². The molecule has 0 radical (unpaired) electrons. The number of methoxy groups -OCH3 is 1. The van der Waals surface area contributed by atoms with Crippen LogP contribution in [0.4, 0.5) is 0 Å². The Morgan fingerprint density at radius 3 is 2.28 bits per heavy atom. The highest BCUT2D eigenvalue weighted by Gasteiger charge is 2.19. The molecule has 0 fully saturated rings. The Morgan fingerprint density at radius 1 is 0.880 bits per heavy atom. The lowest BCUT2D eigenvalue weighted by molar-refractivity contribution is 0.414. The number of benzene rings is 3. The zero-order valence-corrected chi connectivity index (χ0v) is 14.0. The van der Waals surface area contributed by atoms with Crippen LogP contribution in [0.15, 0.2) is 78.9 Å². The van der Waals surface area contributed by atoms with E-state index in [-0.39, 0.29) is 6.04 Å². The van der Waals surface area contributed by atoms with E-state index in [1.807, 2.05) is 60.7 Å². The summed E-state index contributed by atoms with van der Waals surface area (Å²) >= 11 is 0. The Labute approximate surface area is 146 Å². The summed E-state index contributed by atoms with van der Waals surface area (Å²) in [5.74, 6) is 1.63. The first kappa shape index (κ1) is 15.4. The van der Waals surface area contributed by atoms with Crippen molar-refractivity contribution >= 4 is 11.0 Å². The second kappa shape index (κ2) is 6.42. The van der Waals surface area contributed by atoms with Gasteiger partial charge in [0.05, 0.1) is 24.2 Å². The summed E-state index contributed by atoms with van der Waals surface area (Å²) in [4.78, 5) is 4.81. The molecule has 1 heterocycles. The molecule has 4 heteroatoms. The smallest absolute Gasteiger partial charge is 0.136 e. The molecule has 1 atom stereocenters. The van der Waals surface area contributed by atoms with Gasteiger partial charge in [-0.15, -0.1) is 0 Å². The maximum absolute atomic E-state index is 6.59. The van der Waals surface area contributed by atoms with Crippen LogP contribution in [0.25, 0.3) is 16.7 Å². The fraction of sp³-hybridized carbons (Fsp3) is 0.0952. The molecule has 4 aromatic rings. The molecule has 3 aromatic carbocycles. The predicted octanol–water partition coefficient (Wildman–Crippen LogP) is 4.08. The van der Waals surface area contributed by atoms with Gasteiger partial charge in [-0.2, -0.15) is 0 Å². The highest BCUT2D eigenvalue weighted by molar-refractivity contribution is 5.78. The highest BCUT2D eigenvalue weighted by Crippen LogP contribution is 2.28. The topological polar surface area (TPSA) is 53.1 Å². The molecule has 0 aliphatic carbocycles. The molecule has 0 amide bonds. The van der Waals surface area contributed by atoms with Gasteiger partial charge in [-0.3, -0.25) is 4.57 Å². The minimum atomic E-state index is -0.335. The third-order valence-corrected chi connectivity index (χ3v) is 4.35. The van der Waals surface area contributed by atoms with Crippen molar-refractivity contribution in [2.24, 2.45) is 5.73 Å². The molecule has 124 valence electrons. The SMILES string of the molecule is COc1ccc(C(N)c2nc3ccccc3n2-c2ccccc2)cc1. The van der Waals surface area contributed by atoms with Crippen molar-refractivity contribution in [1.29, 1.82) is 0 Å². The van der Waals surface area contributed by atoms with Gasteiger partial charge in [0, 0.05) is 5.69 Å². The van der Waals surface area contributed by atoms with Gasteiger partial charge in [0.15, 0.2) is 0 Å². The van der Waals surface area contributed by atoms with Crippen molar-refractivity contribution in [3.63, 3.8) is 0 Å². The van der Waals surface area contributed by atoms with Crippen molar-refractivity contribution in [3.05, 3.63) is 90.3 Å². The number of nitrogens with zero attached hydrogens (tertiary/aromatic N) is 2. The fourth-order valence-electron chi connectivity index (χ4n) is 3.06. The van der Waals surface area contributed by atoms with Crippen LogP contribution in [0.1, 0.15) is 17.4 Å². The molecular weight excluding hydrogens is 310 g/mol. The van der Waals surface area contributed by atoms with Crippen LogP contribution >= 0.6 is 0 Å². The van der Waals surface area contributed by atoms with E-state index in [2.05, 4.69) is 22.8 Å². The Hall–Kier alpha value is -3.11. The normalized spacial score (nSPS) is 12.2. The molecule has 0 bridgehead atoms. The van der Waals surface area contributed by atoms with Crippen LogP contribution in [0.3, 0.4) is 0 Å². The Kier molecular flexibility index (Phi) is 3.96. The summed E-state index contributed by atoms with van der Waals surface area (Å²) in [7, 11) is 1.66. The van der Waals surface area contributed by atoms with E-state index in [1.54, 1.807) is 7.11 Å². The van der Waals surface area contributed by atoms with Crippen LogP contribution in [-0.4, -0.2) is 16.7 Å². The zero-order chi connectivity index (χ0) is 17.2. The minimum absolute atomic E-state index is 0.335. The van der Waals surface area contributed by atoms with Gasteiger partial charge in [-0.05, 0) is 42.0 Å². The number of hydrogen-bond acceptors (Lipinski definition) is 3. The van der Waals surface area contributed by atoms with E-state index in [9.17, 15) is 0 Å². The molecule has 0 saturated carbocycles. The summed E-state index contributed by atoms with van der Waals surface area (Å²) in [5.41, 5.74) is 10.6. The predicted molar refractivity (Wildman–Crippen MR) is 100 cm³/mol. The largest absolute Gasteiger partial charge is 0.497 e. The Bertz CT molecular complexity index is 991. The number of aromatic nitrogens is 2. The van der Waals surface area contributed by atoms with Crippen LogP contribution in [0.2, 0.25) is 0 Å². The van der Waals surface area contributed by atoms with Crippen molar-refractivity contribution in [3.8, 4) is 11.4 Å². The lowest BCUT2D eigenvalue weighted by atomic mass is 10.1. The molecule has 25 heavy (non-hydrogen) atoms. The maximum atomic E-state index is 6.59. The monoisotopic (exact) mass is 329 g/mol. The number of hydrogen-bond donors (Lipinski definition) is 1. The summed E-state index contributed by atoms with van der Waals surface area (Å²) in [6.45, 7) is 0. The average Bonchev–Trinajstić information content (AvgIpc) is 3.07. The molecule has 1 aromatic heterocycles. The maximum Gasteiger partial charge on any atom is 0.136 e. The van der Waals surface area contributed by atoms with Gasteiger partial charge in [0.2, 0.25) is 0 Å². The Morgan fingerprint density at radius 2 is 1.56 bits per heavy atom. The molecule has 0 saturated heterocycles. The summed E-state index contributed by atoms with van der Waals surface area (Å²) in [6, 6.07) is 25.8. The first-order chi connectivity index (χ1) is 12.3. The molecule has 4 rings (SSSR count). The molecule has 0 spiro atoms. The van der Waals surface area contributed by atoms with Gasteiger partial charge in [0.1, 0.15) is 11.6 Å². The van der Waals surface area contributed by atoms with Crippen LogP contribution in [0, 0.1) is 0 Å². The molecule has 0 aliphatic heterocycles. The molecule has 2 N–H and O–H groups in total. The minimum Gasteiger partial charge on any atom is -0.497 e. The molecule has 0 aliphatic rings. The van der Waals surface area contributed by atoms with E-state index in [0.29, 0.717) is 0 Å². The number of para-hydroxylation sites is 3. The van der Waals surface area contributed by atoms with E-state index in [0.717, 1.165) is 33.9 Å². The van der Waals surface area contributed by atoms with Gasteiger partial charge in [-0.25, -0.2) is 4.98 Å². The number of rotatable bonds is 4. The number of nitrogens with two attached hydrogens (primary N) is 1. The van der Waals surface area contributed by atoms with Crippen molar-refractivity contribution < 1.29 is 4.74 Å². The van der Waals surface area contributed by atoms with Gasteiger partial charge in [-0.1, -0.05) is 42.5 Å².